The molecule has 0 radical (unpaired) electrons. The number of hydrogen-bond acceptors (Lipinski definition) is 3. The Balaban J connectivity index is 1.59. The molecule has 0 saturated carbocycles. The number of rotatable bonds is 3. The highest BCUT2D eigenvalue weighted by atomic mass is 35.5. The first-order valence-corrected chi connectivity index (χ1v) is 7.42. The van der Waals surface area contributed by atoms with E-state index in [-0.39, 0.29) is 5.91 Å². The van der Waals surface area contributed by atoms with Crippen molar-refractivity contribution >= 4 is 34.1 Å². The number of imidazole rings is 1. The van der Waals surface area contributed by atoms with Gasteiger partial charge in [0, 0.05) is 23.3 Å². The molecule has 1 aromatic carbocycles. The van der Waals surface area contributed by atoms with Crippen molar-refractivity contribution in [3.63, 3.8) is 0 Å². The van der Waals surface area contributed by atoms with Crippen LogP contribution in [0.15, 0.2) is 49.1 Å². The Labute approximate surface area is 136 Å². The van der Waals surface area contributed by atoms with Gasteiger partial charge in [-0.05, 0) is 6.07 Å². The normalized spacial score (nSPS) is 11.2. The summed E-state index contributed by atoms with van der Waals surface area (Å²) < 4.78 is 1.88. The summed E-state index contributed by atoms with van der Waals surface area (Å²) in [4.78, 5) is 23.7. The third kappa shape index (κ3) is 2.33. The molecule has 6 nitrogen and oxygen atoms in total. The molecule has 0 spiro atoms. The quantitative estimate of drug-likeness (QED) is 0.608. The molecule has 0 aliphatic carbocycles. The van der Waals surface area contributed by atoms with Crippen LogP contribution in [-0.4, -0.2) is 25.3 Å². The zero-order valence-electron chi connectivity index (χ0n) is 12.0. The second-order valence-corrected chi connectivity index (χ2v) is 5.47. The van der Waals surface area contributed by atoms with E-state index < -0.39 is 0 Å². The van der Waals surface area contributed by atoms with E-state index in [2.05, 4.69) is 20.3 Å². The summed E-state index contributed by atoms with van der Waals surface area (Å²) >= 11 is 6.29. The van der Waals surface area contributed by atoms with Crippen LogP contribution in [0.4, 0.5) is 0 Å². The van der Waals surface area contributed by atoms with E-state index in [4.69, 9.17) is 11.6 Å². The van der Waals surface area contributed by atoms with Crippen molar-refractivity contribution < 1.29 is 4.79 Å². The highest BCUT2D eigenvalue weighted by Crippen LogP contribution is 2.27. The fourth-order valence-electron chi connectivity index (χ4n) is 2.55. The van der Waals surface area contributed by atoms with Gasteiger partial charge in [0.25, 0.3) is 5.91 Å². The number of halogens is 1. The lowest BCUT2D eigenvalue weighted by atomic mass is 10.2. The zero-order valence-corrected chi connectivity index (χ0v) is 12.7. The van der Waals surface area contributed by atoms with Crippen LogP contribution in [-0.2, 0) is 6.54 Å². The number of amides is 1. The molecule has 2 N–H and O–H groups in total. The minimum atomic E-state index is -0.254. The minimum absolute atomic E-state index is 0.254. The summed E-state index contributed by atoms with van der Waals surface area (Å²) in [6.45, 7) is 0.343. The number of carbonyl (C=O) groups is 1. The van der Waals surface area contributed by atoms with Crippen LogP contribution in [0.5, 0.6) is 0 Å². The molecule has 3 aromatic heterocycles. The number of fused-ring (bicyclic) bond motifs is 2. The van der Waals surface area contributed by atoms with Crippen molar-refractivity contribution in [3.8, 4) is 0 Å². The number of aromatic nitrogens is 4. The average molecular weight is 326 g/mol. The predicted octanol–water partition coefficient (Wildman–Crippen LogP) is 2.79. The van der Waals surface area contributed by atoms with Gasteiger partial charge >= 0.3 is 0 Å². The number of aromatic amines is 1. The van der Waals surface area contributed by atoms with Crippen molar-refractivity contribution in [3.05, 3.63) is 65.5 Å². The third-order valence-electron chi connectivity index (χ3n) is 3.69. The zero-order chi connectivity index (χ0) is 15.8. The van der Waals surface area contributed by atoms with Crippen LogP contribution in [0.25, 0.3) is 16.6 Å². The van der Waals surface area contributed by atoms with Crippen molar-refractivity contribution in [2.45, 2.75) is 6.54 Å². The maximum Gasteiger partial charge on any atom is 0.269 e. The first-order chi connectivity index (χ1) is 11.2. The Morgan fingerprint density at radius 1 is 1.30 bits per heavy atom. The van der Waals surface area contributed by atoms with Gasteiger partial charge in [0.2, 0.25) is 0 Å². The van der Waals surface area contributed by atoms with E-state index in [1.54, 1.807) is 24.8 Å². The fourth-order valence-corrected chi connectivity index (χ4v) is 2.85. The maximum atomic E-state index is 12.4. The summed E-state index contributed by atoms with van der Waals surface area (Å²) in [5.41, 5.74) is 2.80. The number of nitrogens with zero attached hydrogens (tertiary/aromatic N) is 3. The van der Waals surface area contributed by atoms with E-state index in [1.165, 1.54) is 0 Å². The van der Waals surface area contributed by atoms with Gasteiger partial charge in [0.15, 0.2) is 5.65 Å². The molecular weight excluding hydrogens is 314 g/mol. The fraction of sp³-hybridized carbons (Fsp3) is 0.0625. The molecule has 0 bridgehead atoms. The van der Waals surface area contributed by atoms with Gasteiger partial charge < -0.3 is 10.3 Å². The molecule has 0 atom stereocenters. The first-order valence-electron chi connectivity index (χ1n) is 7.04. The van der Waals surface area contributed by atoms with Gasteiger partial charge in [-0.3, -0.25) is 14.2 Å². The molecular formula is C16H12ClN5O. The highest BCUT2D eigenvalue weighted by Gasteiger charge is 2.16. The number of carbonyl (C=O) groups excluding carboxylic acids is 1. The van der Waals surface area contributed by atoms with Gasteiger partial charge in [-0.25, -0.2) is 4.98 Å². The SMILES string of the molecule is O=C(NCc1cnc2cnccn12)c1[nH]c2ccccc2c1Cl. The summed E-state index contributed by atoms with van der Waals surface area (Å²) in [6, 6.07) is 7.54. The summed E-state index contributed by atoms with van der Waals surface area (Å²) in [5, 5.41) is 4.12. The number of H-pyrrole nitrogens is 1. The van der Waals surface area contributed by atoms with Gasteiger partial charge in [0.05, 0.1) is 29.7 Å². The van der Waals surface area contributed by atoms with E-state index in [9.17, 15) is 4.79 Å². The smallest absolute Gasteiger partial charge is 0.269 e. The topological polar surface area (TPSA) is 75.1 Å². The molecule has 0 fully saturated rings. The molecule has 0 aliphatic heterocycles. The summed E-state index contributed by atoms with van der Waals surface area (Å²) in [6.07, 6.45) is 6.86. The molecule has 0 unspecified atom stereocenters. The van der Waals surface area contributed by atoms with E-state index >= 15 is 0 Å². The van der Waals surface area contributed by atoms with E-state index in [0.717, 1.165) is 22.2 Å². The molecule has 4 rings (SSSR count). The van der Waals surface area contributed by atoms with Gasteiger partial charge in [-0.15, -0.1) is 0 Å². The largest absolute Gasteiger partial charge is 0.349 e. The van der Waals surface area contributed by atoms with Crippen LogP contribution < -0.4 is 5.32 Å². The van der Waals surface area contributed by atoms with Crippen LogP contribution in [0, 0.1) is 0 Å². The van der Waals surface area contributed by atoms with Gasteiger partial charge in [-0.1, -0.05) is 29.8 Å². The van der Waals surface area contributed by atoms with Gasteiger partial charge in [-0.2, -0.15) is 0 Å². The number of benzene rings is 1. The van der Waals surface area contributed by atoms with Gasteiger partial charge in [0.1, 0.15) is 5.69 Å². The van der Waals surface area contributed by atoms with Crippen LogP contribution >= 0.6 is 11.6 Å². The Kier molecular flexibility index (Phi) is 3.24. The van der Waals surface area contributed by atoms with E-state index in [1.807, 2.05) is 28.7 Å². The molecule has 3 heterocycles. The monoisotopic (exact) mass is 325 g/mol. The third-order valence-corrected chi connectivity index (χ3v) is 4.09. The maximum absolute atomic E-state index is 12.4. The molecule has 0 aliphatic rings. The van der Waals surface area contributed by atoms with E-state index in [0.29, 0.717) is 17.3 Å². The highest BCUT2D eigenvalue weighted by molar-refractivity contribution is 6.38. The molecule has 7 heteroatoms. The van der Waals surface area contributed by atoms with Crippen molar-refractivity contribution in [2.75, 3.05) is 0 Å². The Morgan fingerprint density at radius 3 is 3.04 bits per heavy atom. The molecule has 114 valence electrons. The number of nitrogens with one attached hydrogen (secondary N) is 2. The lowest BCUT2D eigenvalue weighted by molar-refractivity contribution is 0.0946. The standard InChI is InChI=1S/C16H12ClN5O/c17-14-11-3-1-2-4-12(11)21-15(14)16(23)20-8-10-7-19-13-9-18-5-6-22(10)13/h1-7,9,21H,8H2,(H,20,23). The molecule has 0 saturated heterocycles. The molecule has 1 amide bonds. The van der Waals surface area contributed by atoms with Crippen LogP contribution in [0.2, 0.25) is 5.02 Å². The summed E-state index contributed by atoms with van der Waals surface area (Å²) in [7, 11) is 0. The Bertz CT molecular complexity index is 1020. The van der Waals surface area contributed by atoms with Crippen molar-refractivity contribution in [1.82, 2.24) is 24.7 Å². The number of hydrogen-bond donors (Lipinski definition) is 2. The first kappa shape index (κ1) is 13.8. The van der Waals surface area contributed by atoms with Crippen molar-refractivity contribution in [2.24, 2.45) is 0 Å². The average Bonchev–Trinajstić information content (AvgIpc) is 3.15. The molecule has 4 aromatic rings. The minimum Gasteiger partial charge on any atom is -0.349 e. The predicted molar refractivity (Wildman–Crippen MR) is 87.5 cm³/mol. The van der Waals surface area contributed by atoms with Crippen LogP contribution in [0.3, 0.4) is 0 Å². The lowest BCUT2D eigenvalue weighted by Crippen LogP contribution is -2.24. The lowest BCUT2D eigenvalue weighted by Gasteiger charge is -2.04. The number of para-hydroxylation sites is 1. The summed E-state index contributed by atoms with van der Waals surface area (Å²) in [5.74, 6) is -0.254. The van der Waals surface area contributed by atoms with Crippen LogP contribution in [0.1, 0.15) is 16.2 Å². The Morgan fingerprint density at radius 2 is 2.17 bits per heavy atom. The second kappa shape index (κ2) is 5.40. The molecule has 23 heavy (non-hydrogen) atoms. The second-order valence-electron chi connectivity index (χ2n) is 5.10. The van der Waals surface area contributed by atoms with Crippen molar-refractivity contribution in [1.29, 1.82) is 0 Å². The Hall–Kier alpha value is -2.86.